The van der Waals surface area contributed by atoms with Gasteiger partial charge in [-0.05, 0) is 38.8 Å². The van der Waals surface area contributed by atoms with Crippen molar-refractivity contribution in [3.63, 3.8) is 0 Å². The van der Waals surface area contributed by atoms with Crippen LogP contribution in [0, 0.1) is 5.92 Å². The van der Waals surface area contributed by atoms with Crippen LogP contribution in [0.3, 0.4) is 0 Å². The lowest BCUT2D eigenvalue weighted by atomic mass is 10.0. The lowest BCUT2D eigenvalue weighted by Crippen LogP contribution is -2.38. The molecule has 1 fully saturated rings. The Morgan fingerprint density at radius 2 is 1.80 bits per heavy atom. The molecule has 1 atom stereocenters. The molecule has 15 heavy (non-hydrogen) atoms. The van der Waals surface area contributed by atoms with Crippen molar-refractivity contribution < 1.29 is 0 Å². The summed E-state index contributed by atoms with van der Waals surface area (Å²) in [6, 6.07) is 0.619. The Balaban J connectivity index is 2.06. The molecule has 2 nitrogen and oxygen atoms in total. The number of likely N-dealkylation sites (N-methyl/N-ethyl adjacent to an activating group) is 1. The fraction of sp³-hybridized carbons (Fsp3) is 1.00. The van der Waals surface area contributed by atoms with E-state index in [2.05, 4.69) is 24.5 Å². The molecule has 2 N–H and O–H groups in total. The van der Waals surface area contributed by atoms with Crippen LogP contribution >= 0.6 is 0 Å². The summed E-state index contributed by atoms with van der Waals surface area (Å²) in [7, 11) is 0. The molecule has 0 saturated heterocycles. The highest BCUT2D eigenvalue weighted by atomic mass is 15.0. The van der Waals surface area contributed by atoms with Gasteiger partial charge in [0.25, 0.3) is 0 Å². The Kier molecular flexibility index (Phi) is 7.03. The van der Waals surface area contributed by atoms with Crippen molar-refractivity contribution in [1.29, 1.82) is 0 Å². The molecular formula is C13H28N2. The molecule has 0 radical (unpaired) electrons. The standard InChI is InChI=1S/C13H28N2/c1-3-14-10-12(2)15-11-13-8-6-4-5-7-9-13/h12-15H,3-11H2,1-2H3. The Morgan fingerprint density at radius 3 is 2.40 bits per heavy atom. The summed E-state index contributed by atoms with van der Waals surface area (Å²) in [6.07, 6.45) is 8.72. The van der Waals surface area contributed by atoms with Crippen LogP contribution in [0.2, 0.25) is 0 Å². The normalized spacial score (nSPS) is 21.2. The second-order valence-electron chi connectivity index (χ2n) is 4.97. The van der Waals surface area contributed by atoms with E-state index in [1.807, 2.05) is 0 Å². The van der Waals surface area contributed by atoms with Gasteiger partial charge in [0, 0.05) is 12.6 Å². The summed E-state index contributed by atoms with van der Waals surface area (Å²) in [5.74, 6) is 0.941. The third-order valence-corrected chi connectivity index (χ3v) is 3.43. The average molecular weight is 212 g/mol. The zero-order valence-electron chi connectivity index (χ0n) is 10.5. The minimum absolute atomic E-state index is 0.619. The van der Waals surface area contributed by atoms with Crippen molar-refractivity contribution in [2.24, 2.45) is 5.92 Å². The minimum atomic E-state index is 0.619. The summed E-state index contributed by atoms with van der Waals surface area (Å²) in [5, 5.41) is 7.04. The van der Waals surface area contributed by atoms with Gasteiger partial charge >= 0.3 is 0 Å². The maximum Gasteiger partial charge on any atom is 0.0164 e. The van der Waals surface area contributed by atoms with Gasteiger partial charge in [-0.25, -0.2) is 0 Å². The first kappa shape index (κ1) is 13.0. The van der Waals surface area contributed by atoms with Gasteiger partial charge in [0.2, 0.25) is 0 Å². The lowest BCUT2D eigenvalue weighted by molar-refractivity contribution is 0.392. The van der Waals surface area contributed by atoms with E-state index in [0.29, 0.717) is 6.04 Å². The molecule has 0 spiro atoms. The number of hydrogen-bond acceptors (Lipinski definition) is 2. The second-order valence-corrected chi connectivity index (χ2v) is 4.97. The molecule has 90 valence electrons. The molecule has 0 heterocycles. The molecule has 0 aromatic carbocycles. The van der Waals surface area contributed by atoms with Crippen LogP contribution in [0.25, 0.3) is 0 Å². The Bertz CT molecular complexity index is 139. The lowest BCUT2D eigenvalue weighted by Gasteiger charge is -2.19. The van der Waals surface area contributed by atoms with Crippen LogP contribution in [-0.2, 0) is 0 Å². The summed E-state index contributed by atoms with van der Waals surface area (Å²) in [6.45, 7) is 7.85. The molecule has 1 aliphatic rings. The van der Waals surface area contributed by atoms with E-state index < -0.39 is 0 Å². The topological polar surface area (TPSA) is 24.1 Å². The largest absolute Gasteiger partial charge is 0.315 e. The predicted molar refractivity (Wildman–Crippen MR) is 67.2 cm³/mol. The molecule has 1 unspecified atom stereocenters. The zero-order chi connectivity index (χ0) is 10.9. The zero-order valence-corrected chi connectivity index (χ0v) is 10.5. The van der Waals surface area contributed by atoms with E-state index in [9.17, 15) is 0 Å². The second kappa shape index (κ2) is 8.12. The van der Waals surface area contributed by atoms with Crippen molar-refractivity contribution in [1.82, 2.24) is 10.6 Å². The smallest absolute Gasteiger partial charge is 0.0164 e. The summed E-state index contributed by atoms with van der Waals surface area (Å²) in [5.41, 5.74) is 0. The van der Waals surface area contributed by atoms with Gasteiger partial charge in [0.1, 0.15) is 0 Å². The highest BCUT2D eigenvalue weighted by Gasteiger charge is 2.12. The van der Waals surface area contributed by atoms with Crippen molar-refractivity contribution >= 4 is 0 Å². The SMILES string of the molecule is CCNCC(C)NCC1CCCCCC1. The van der Waals surface area contributed by atoms with Crippen molar-refractivity contribution in [2.45, 2.75) is 58.4 Å². The molecule has 0 amide bonds. The van der Waals surface area contributed by atoms with E-state index in [1.165, 1.54) is 45.1 Å². The quantitative estimate of drug-likeness (QED) is 0.661. The van der Waals surface area contributed by atoms with E-state index >= 15 is 0 Å². The van der Waals surface area contributed by atoms with Crippen LogP contribution in [0.1, 0.15) is 52.4 Å². The molecule has 0 bridgehead atoms. The molecule has 0 aliphatic heterocycles. The molecule has 1 aliphatic carbocycles. The summed E-state index contributed by atoms with van der Waals surface area (Å²) >= 11 is 0. The van der Waals surface area contributed by atoms with Crippen molar-refractivity contribution in [2.75, 3.05) is 19.6 Å². The van der Waals surface area contributed by atoms with E-state index in [4.69, 9.17) is 0 Å². The fourth-order valence-corrected chi connectivity index (χ4v) is 2.37. The van der Waals surface area contributed by atoms with E-state index in [-0.39, 0.29) is 0 Å². The molecule has 0 aromatic heterocycles. The van der Waals surface area contributed by atoms with Gasteiger partial charge < -0.3 is 10.6 Å². The van der Waals surface area contributed by atoms with Gasteiger partial charge in [-0.3, -0.25) is 0 Å². The van der Waals surface area contributed by atoms with Gasteiger partial charge in [0.15, 0.2) is 0 Å². The predicted octanol–water partition coefficient (Wildman–Crippen LogP) is 2.54. The summed E-state index contributed by atoms with van der Waals surface area (Å²) < 4.78 is 0. The first-order valence-electron chi connectivity index (χ1n) is 6.77. The maximum absolute atomic E-state index is 3.65. The fourth-order valence-electron chi connectivity index (χ4n) is 2.37. The Hall–Kier alpha value is -0.0800. The summed E-state index contributed by atoms with van der Waals surface area (Å²) in [4.78, 5) is 0. The van der Waals surface area contributed by atoms with Gasteiger partial charge in [-0.1, -0.05) is 32.6 Å². The van der Waals surface area contributed by atoms with Crippen molar-refractivity contribution in [3.8, 4) is 0 Å². The Morgan fingerprint density at radius 1 is 1.13 bits per heavy atom. The highest BCUT2D eigenvalue weighted by Crippen LogP contribution is 2.22. The van der Waals surface area contributed by atoms with Gasteiger partial charge in [-0.2, -0.15) is 0 Å². The third-order valence-electron chi connectivity index (χ3n) is 3.43. The van der Waals surface area contributed by atoms with E-state index in [1.54, 1.807) is 0 Å². The Labute approximate surface area is 95.2 Å². The average Bonchev–Trinajstić information content (AvgIpc) is 2.51. The van der Waals surface area contributed by atoms with Gasteiger partial charge in [-0.15, -0.1) is 0 Å². The number of hydrogen-bond donors (Lipinski definition) is 2. The monoisotopic (exact) mass is 212 g/mol. The number of nitrogens with one attached hydrogen (secondary N) is 2. The van der Waals surface area contributed by atoms with Crippen LogP contribution < -0.4 is 10.6 Å². The van der Waals surface area contributed by atoms with E-state index in [0.717, 1.165) is 19.0 Å². The van der Waals surface area contributed by atoms with Crippen LogP contribution in [-0.4, -0.2) is 25.7 Å². The van der Waals surface area contributed by atoms with Crippen LogP contribution in [0.4, 0.5) is 0 Å². The van der Waals surface area contributed by atoms with Gasteiger partial charge in [0.05, 0.1) is 0 Å². The number of rotatable bonds is 6. The van der Waals surface area contributed by atoms with Crippen LogP contribution in [0.5, 0.6) is 0 Å². The molecular weight excluding hydrogens is 184 g/mol. The molecule has 0 aromatic rings. The molecule has 2 heteroatoms. The first-order chi connectivity index (χ1) is 7.33. The first-order valence-corrected chi connectivity index (χ1v) is 6.77. The highest BCUT2D eigenvalue weighted by molar-refractivity contribution is 4.70. The third kappa shape index (κ3) is 6.16. The molecule has 1 saturated carbocycles. The van der Waals surface area contributed by atoms with Crippen molar-refractivity contribution in [3.05, 3.63) is 0 Å². The minimum Gasteiger partial charge on any atom is -0.315 e. The molecule has 1 rings (SSSR count). The maximum atomic E-state index is 3.65. The van der Waals surface area contributed by atoms with Crippen LogP contribution in [0.15, 0.2) is 0 Å².